The SMILES string of the molecule is CCCC(OC)/C(C)=C/C=C/C=C/C(C)CC(C)C(=O)C(C/C(C)=C/[C@@H](C)C(=O)CC[C@@H](CC1CCCC(OC)C1)C1CCN(C(=O)C(=O)C(O)(O)C(C)C)C(C(=O)O)C1)OC. The first-order valence-electron chi connectivity index (χ1n) is 23.1. The van der Waals surface area contributed by atoms with Crippen molar-refractivity contribution < 1.29 is 53.5 Å². The molecule has 0 spiro atoms. The van der Waals surface area contributed by atoms with Crippen molar-refractivity contribution in [3.63, 3.8) is 0 Å². The summed E-state index contributed by atoms with van der Waals surface area (Å²) in [6.07, 6.45) is 20.9. The first-order valence-corrected chi connectivity index (χ1v) is 23.1. The molecular formula is C50H81NO11. The molecule has 1 saturated carbocycles. The van der Waals surface area contributed by atoms with Gasteiger partial charge in [0.05, 0.1) is 12.2 Å². The number of carbonyl (C=O) groups is 5. The van der Waals surface area contributed by atoms with Gasteiger partial charge in [-0.2, -0.15) is 0 Å². The van der Waals surface area contributed by atoms with Gasteiger partial charge in [0.15, 0.2) is 5.78 Å². The number of ether oxygens (including phenoxy) is 3. The Morgan fingerprint density at radius 3 is 2.15 bits per heavy atom. The van der Waals surface area contributed by atoms with Gasteiger partial charge in [-0.1, -0.05) is 103 Å². The molecular weight excluding hydrogens is 791 g/mol. The number of allylic oxidation sites excluding steroid dienone is 6. The molecule has 12 nitrogen and oxygen atoms in total. The number of methoxy groups -OCH3 is 3. The molecule has 2 aliphatic rings. The Bertz CT molecular complexity index is 1580. The van der Waals surface area contributed by atoms with Crippen LogP contribution >= 0.6 is 0 Å². The summed E-state index contributed by atoms with van der Waals surface area (Å²) in [6, 6.07) is -1.31. The van der Waals surface area contributed by atoms with Crippen LogP contribution in [0.1, 0.15) is 139 Å². The zero-order valence-corrected chi connectivity index (χ0v) is 39.8. The van der Waals surface area contributed by atoms with E-state index >= 15 is 0 Å². The van der Waals surface area contributed by atoms with Crippen LogP contribution in [0.5, 0.6) is 0 Å². The van der Waals surface area contributed by atoms with Crippen molar-refractivity contribution in [2.75, 3.05) is 27.9 Å². The van der Waals surface area contributed by atoms with Crippen LogP contribution in [-0.4, -0.2) is 107 Å². The van der Waals surface area contributed by atoms with Crippen molar-refractivity contribution in [1.82, 2.24) is 4.90 Å². The molecule has 12 heteroatoms. The van der Waals surface area contributed by atoms with E-state index < -0.39 is 47.4 Å². The second-order valence-electron chi connectivity index (χ2n) is 18.7. The monoisotopic (exact) mass is 872 g/mol. The predicted molar refractivity (Wildman–Crippen MR) is 242 cm³/mol. The summed E-state index contributed by atoms with van der Waals surface area (Å²) in [4.78, 5) is 66.8. The van der Waals surface area contributed by atoms with Gasteiger partial charge in [-0.05, 0) is 94.5 Å². The molecule has 1 heterocycles. The van der Waals surface area contributed by atoms with Gasteiger partial charge < -0.3 is 34.4 Å². The molecule has 62 heavy (non-hydrogen) atoms. The number of nitrogens with zero attached hydrogens (tertiary/aromatic N) is 1. The topological polar surface area (TPSA) is 177 Å². The summed E-state index contributed by atoms with van der Waals surface area (Å²) in [5, 5.41) is 30.9. The molecule has 0 aromatic rings. The number of aliphatic hydroxyl groups is 2. The fourth-order valence-corrected chi connectivity index (χ4v) is 9.32. The normalized spacial score (nSPS) is 23.6. The van der Waals surface area contributed by atoms with Gasteiger partial charge in [-0.3, -0.25) is 19.2 Å². The third-order valence-electron chi connectivity index (χ3n) is 13.4. The van der Waals surface area contributed by atoms with Gasteiger partial charge >= 0.3 is 5.97 Å². The molecule has 10 atom stereocenters. The first-order chi connectivity index (χ1) is 29.2. The van der Waals surface area contributed by atoms with Crippen LogP contribution in [0.25, 0.3) is 0 Å². The lowest BCUT2D eigenvalue weighted by Gasteiger charge is -2.42. The van der Waals surface area contributed by atoms with Gasteiger partial charge in [0, 0.05) is 58.5 Å². The van der Waals surface area contributed by atoms with Crippen LogP contribution in [-0.2, 0) is 38.2 Å². The van der Waals surface area contributed by atoms with Gasteiger partial charge in [-0.25, -0.2) is 4.79 Å². The Balaban J connectivity index is 2.11. The van der Waals surface area contributed by atoms with Gasteiger partial charge in [-0.15, -0.1) is 0 Å². The van der Waals surface area contributed by atoms with Crippen molar-refractivity contribution in [3.05, 3.63) is 47.6 Å². The standard InChI is InChI=1S/C50H81NO11/c1-12-17-44(61-10)35(6)19-15-13-14-18-33(4)26-37(8)46(53)45(62-11)28-34(5)27-36(7)43(52)23-22-39(29-38-20-16-21-41(30-38)60-9)40-24-25-51(42(31-40)49(56)57)48(55)47(54)50(58,59)32(2)3/h13-15,18-19,27,32-33,36-42,44-45,58-59H,12,16-17,20-26,28-31H2,1-11H3,(H,56,57)/b15-13+,18-14+,34-27+,35-19+/t33?,36-,37?,38?,39+,40?,41?,42?,44?,45?/m1/s1. The highest BCUT2D eigenvalue weighted by atomic mass is 16.5. The molecule has 2 rings (SSSR count). The predicted octanol–water partition coefficient (Wildman–Crippen LogP) is 8.24. The molecule has 3 N–H and O–H groups in total. The zero-order valence-electron chi connectivity index (χ0n) is 39.8. The molecule has 1 amide bonds. The molecule has 1 aliphatic heterocycles. The molecule has 1 saturated heterocycles. The third-order valence-corrected chi connectivity index (χ3v) is 13.4. The van der Waals surface area contributed by atoms with E-state index in [2.05, 4.69) is 32.9 Å². The molecule has 0 aromatic carbocycles. The summed E-state index contributed by atoms with van der Waals surface area (Å²) >= 11 is 0. The number of amides is 1. The van der Waals surface area contributed by atoms with Crippen molar-refractivity contribution >= 4 is 29.2 Å². The summed E-state index contributed by atoms with van der Waals surface area (Å²) in [5.74, 6) is -7.98. The van der Waals surface area contributed by atoms with Crippen molar-refractivity contribution in [1.29, 1.82) is 0 Å². The highest BCUT2D eigenvalue weighted by Gasteiger charge is 2.47. The fourth-order valence-electron chi connectivity index (χ4n) is 9.32. The minimum atomic E-state index is -2.91. The number of carboxylic acid groups (broad SMARTS) is 1. The number of Topliss-reactive ketones (excluding diaryl/α,β-unsaturated/α-hetero) is 3. The average Bonchev–Trinajstić information content (AvgIpc) is 3.24. The Morgan fingerprint density at radius 2 is 1.55 bits per heavy atom. The highest BCUT2D eigenvalue weighted by Crippen LogP contribution is 2.40. The number of carboxylic acids is 1. The van der Waals surface area contributed by atoms with Crippen LogP contribution in [0.4, 0.5) is 0 Å². The number of piperidine rings is 1. The molecule has 0 radical (unpaired) electrons. The van der Waals surface area contributed by atoms with Crippen LogP contribution in [0, 0.1) is 41.4 Å². The minimum absolute atomic E-state index is 0.0115. The number of carbonyl (C=O) groups excluding carboxylic acids is 4. The lowest BCUT2D eigenvalue weighted by molar-refractivity contribution is -0.202. The second-order valence-corrected chi connectivity index (χ2v) is 18.7. The molecule has 1 aliphatic carbocycles. The highest BCUT2D eigenvalue weighted by molar-refractivity contribution is 6.39. The second kappa shape index (κ2) is 27.1. The lowest BCUT2D eigenvalue weighted by Crippen LogP contribution is -2.58. The van der Waals surface area contributed by atoms with E-state index in [1.807, 2.05) is 45.1 Å². The molecule has 0 bridgehead atoms. The summed E-state index contributed by atoms with van der Waals surface area (Å²) < 4.78 is 17.0. The largest absolute Gasteiger partial charge is 0.480 e. The Morgan fingerprint density at radius 1 is 0.871 bits per heavy atom. The van der Waals surface area contributed by atoms with Gasteiger partial charge in [0.1, 0.15) is 17.9 Å². The first kappa shape index (κ1) is 54.8. The number of hydrogen-bond donors (Lipinski definition) is 3. The van der Waals surface area contributed by atoms with E-state index in [4.69, 9.17) is 14.2 Å². The summed E-state index contributed by atoms with van der Waals surface area (Å²) in [6.45, 7) is 14.8. The number of aliphatic carboxylic acids is 1. The van der Waals surface area contributed by atoms with Crippen LogP contribution in [0.15, 0.2) is 47.6 Å². The van der Waals surface area contributed by atoms with Crippen LogP contribution in [0.2, 0.25) is 0 Å². The summed E-state index contributed by atoms with van der Waals surface area (Å²) in [5.41, 5.74) is 2.07. The average molecular weight is 872 g/mol. The lowest BCUT2D eigenvalue weighted by atomic mass is 9.71. The van der Waals surface area contributed by atoms with Crippen molar-refractivity contribution in [3.8, 4) is 0 Å². The smallest absolute Gasteiger partial charge is 0.326 e. The Hall–Kier alpha value is -3.29. The van der Waals surface area contributed by atoms with E-state index in [0.717, 1.165) is 55.4 Å². The molecule has 0 aromatic heterocycles. The number of rotatable bonds is 27. The van der Waals surface area contributed by atoms with E-state index in [0.29, 0.717) is 31.6 Å². The fraction of sp³-hybridized carbons (Fsp3) is 0.740. The maximum atomic E-state index is 13.7. The van der Waals surface area contributed by atoms with Crippen LogP contribution in [0.3, 0.4) is 0 Å². The third kappa shape index (κ3) is 17.0. The number of likely N-dealkylation sites (tertiary alicyclic amines) is 1. The summed E-state index contributed by atoms with van der Waals surface area (Å²) in [7, 11) is 5.00. The number of ketones is 3. The van der Waals surface area contributed by atoms with Crippen molar-refractivity contribution in [2.24, 2.45) is 41.4 Å². The Kier molecular flexibility index (Phi) is 24.0. The van der Waals surface area contributed by atoms with Gasteiger partial charge in [0.25, 0.3) is 11.7 Å². The quantitative estimate of drug-likeness (QED) is 0.0314. The van der Waals surface area contributed by atoms with E-state index in [1.165, 1.54) is 19.4 Å². The molecule has 352 valence electrons. The maximum absolute atomic E-state index is 13.7. The van der Waals surface area contributed by atoms with Crippen molar-refractivity contribution in [2.45, 2.75) is 169 Å². The number of hydrogen-bond acceptors (Lipinski definition) is 10. The van der Waals surface area contributed by atoms with Gasteiger partial charge in [0.2, 0.25) is 5.79 Å². The zero-order chi connectivity index (χ0) is 46.7. The maximum Gasteiger partial charge on any atom is 0.326 e. The van der Waals surface area contributed by atoms with E-state index in [1.54, 1.807) is 21.3 Å². The molecule has 2 fully saturated rings. The van der Waals surface area contributed by atoms with E-state index in [-0.39, 0.29) is 66.8 Å². The van der Waals surface area contributed by atoms with Crippen LogP contribution < -0.4 is 0 Å². The minimum Gasteiger partial charge on any atom is -0.480 e. The molecule has 8 unspecified atom stereocenters. The van der Waals surface area contributed by atoms with E-state index in [9.17, 15) is 39.3 Å². The Labute approximate surface area is 372 Å².